The van der Waals surface area contributed by atoms with E-state index in [1.165, 1.54) is 0 Å². The van der Waals surface area contributed by atoms with Crippen LogP contribution in [-0.4, -0.2) is 145 Å². The molecule has 3 fully saturated rings. The molecule has 2 amide bonds. The molecule has 0 aromatic heterocycles. The molecule has 2 aliphatic heterocycles. The number of alkyl halides is 1. The largest absolute Gasteiger partial charge is 0.394 e. The average Bonchev–Trinajstić information content (AvgIpc) is 2.93. The van der Waals surface area contributed by atoms with E-state index in [4.69, 9.17) is 25.8 Å². The van der Waals surface area contributed by atoms with E-state index < -0.39 is 80.6 Å². The third-order valence-electron chi connectivity index (χ3n) is 7.33. The molecule has 3 aliphatic rings. The Kier molecular flexibility index (Phi) is 11.9. The predicted octanol–water partition coefficient (Wildman–Crippen LogP) is -2.16. The monoisotopic (exact) mass is 571 g/mol. The van der Waals surface area contributed by atoms with Gasteiger partial charge in [-0.05, 0) is 18.8 Å². The molecule has 0 bridgehead atoms. The van der Waals surface area contributed by atoms with Crippen LogP contribution in [0.25, 0.3) is 0 Å². The number of urea groups is 1. The molecule has 2 saturated heterocycles. The van der Waals surface area contributed by atoms with E-state index in [9.17, 15) is 45.4 Å². The minimum atomic E-state index is -1.80. The van der Waals surface area contributed by atoms with Crippen molar-refractivity contribution in [1.29, 1.82) is 0 Å². The summed E-state index contributed by atoms with van der Waals surface area (Å²) < 4.78 is 16.7. The number of carbonyl (C=O) groups is 1. The van der Waals surface area contributed by atoms with Gasteiger partial charge in [0, 0.05) is 12.4 Å². The van der Waals surface area contributed by atoms with E-state index in [-0.39, 0.29) is 24.9 Å². The lowest BCUT2D eigenvalue weighted by molar-refractivity contribution is -0.347. The highest BCUT2D eigenvalue weighted by molar-refractivity contribution is 6.18. The molecule has 10 atom stereocenters. The first-order chi connectivity index (χ1) is 18.2. The standard InChI is InChI=1S/C22H38ClN3O12/c23-6-7-26(24-35)22(34)25(8-11-4-2-1-3-5-11)20-17(32)16(31)19(13(10-28)36-20)38-21-18(33)15(30)14(29)12(9-27)37-21/h11-21,27-33H,1-10H2/t12-,13-,14-,15+,16-,17-,18-,19-,20?,21-/m1/s1. The van der Waals surface area contributed by atoms with Crippen LogP contribution in [0.3, 0.4) is 0 Å². The van der Waals surface area contributed by atoms with Gasteiger partial charge in [0.25, 0.3) is 0 Å². The number of nitrogens with zero attached hydrogens (tertiary/aromatic N) is 3. The van der Waals surface area contributed by atoms with E-state index in [2.05, 4.69) is 5.29 Å². The summed E-state index contributed by atoms with van der Waals surface area (Å²) in [6.45, 7) is -1.60. The van der Waals surface area contributed by atoms with Gasteiger partial charge < -0.3 is 50.0 Å². The topological polar surface area (TPSA) is 222 Å². The molecule has 3 rings (SSSR count). The molecule has 0 aromatic carbocycles. The van der Waals surface area contributed by atoms with Crippen LogP contribution in [0.15, 0.2) is 5.29 Å². The predicted molar refractivity (Wildman–Crippen MR) is 128 cm³/mol. The zero-order chi connectivity index (χ0) is 28.0. The molecule has 0 aromatic rings. The van der Waals surface area contributed by atoms with Gasteiger partial charge in [0.1, 0.15) is 48.8 Å². The fraction of sp³-hybridized carbons (Fsp3) is 0.955. The first kappa shape index (κ1) is 31.3. The number of aliphatic hydroxyl groups excluding tert-OH is 7. The van der Waals surface area contributed by atoms with E-state index in [0.717, 1.165) is 37.0 Å². The number of ether oxygens (including phenoxy) is 3. The summed E-state index contributed by atoms with van der Waals surface area (Å²) in [5.41, 5.74) is 0. The van der Waals surface area contributed by atoms with Crippen molar-refractivity contribution >= 4 is 17.6 Å². The quantitative estimate of drug-likeness (QED) is 0.0845. The minimum Gasteiger partial charge on any atom is -0.394 e. The average molecular weight is 572 g/mol. The summed E-state index contributed by atoms with van der Waals surface area (Å²) >= 11 is 5.70. The SMILES string of the molecule is O=NN(CCCl)C(=O)N(CC1CCCCC1)C1O[C@H](CO)[C@@H](O[C@H]2O[C@H](CO)[C@@H](O)[C@H](O)[C@H]2O)[C@H](O)[C@H]1O. The maximum atomic E-state index is 13.3. The molecule has 1 saturated carbocycles. The Morgan fingerprint density at radius 1 is 0.895 bits per heavy atom. The van der Waals surface area contributed by atoms with Crippen molar-refractivity contribution in [2.75, 3.05) is 32.2 Å². The maximum absolute atomic E-state index is 13.3. The zero-order valence-electron chi connectivity index (χ0n) is 20.8. The number of hydrogen-bond donors (Lipinski definition) is 7. The highest BCUT2D eigenvalue weighted by atomic mass is 35.5. The van der Waals surface area contributed by atoms with E-state index in [1.807, 2.05) is 0 Å². The zero-order valence-corrected chi connectivity index (χ0v) is 21.6. The molecule has 220 valence electrons. The Morgan fingerprint density at radius 2 is 1.55 bits per heavy atom. The number of hydrogen-bond acceptors (Lipinski definition) is 13. The van der Waals surface area contributed by atoms with Gasteiger partial charge in [-0.15, -0.1) is 16.5 Å². The van der Waals surface area contributed by atoms with Crippen LogP contribution in [0.1, 0.15) is 32.1 Å². The molecule has 0 radical (unpaired) electrons. The lowest BCUT2D eigenvalue weighted by atomic mass is 9.88. The fourth-order valence-electron chi connectivity index (χ4n) is 5.17. The first-order valence-electron chi connectivity index (χ1n) is 12.7. The Balaban J connectivity index is 1.82. The Hall–Kier alpha value is -1.24. The number of carbonyl (C=O) groups excluding carboxylic acids is 1. The molecule has 0 spiro atoms. The summed E-state index contributed by atoms with van der Waals surface area (Å²) in [4.78, 5) is 25.7. The van der Waals surface area contributed by atoms with Crippen molar-refractivity contribution in [1.82, 2.24) is 9.91 Å². The summed E-state index contributed by atoms with van der Waals surface area (Å²) in [7, 11) is 0. The fourth-order valence-corrected chi connectivity index (χ4v) is 5.33. The van der Waals surface area contributed by atoms with Crippen molar-refractivity contribution in [3.05, 3.63) is 4.91 Å². The second-order valence-corrected chi connectivity index (χ2v) is 10.2. The van der Waals surface area contributed by atoms with E-state index >= 15 is 0 Å². The number of amides is 2. The third kappa shape index (κ3) is 6.90. The summed E-state index contributed by atoms with van der Waals surface area (Å²) in [5.74, 6) is -0.0551. The van der Waals surface area contributed by atoms with Crippen molar-refractivity contribution in [3.8, 4) is 0 Å². The van der Waals surface area contributed by atoms with Gasteiger partial charge in [-0.25, -0.2) is 4.79 Å². The second-order valence-electron chi connectivity index (χ2n) is 9.86. The second kappa shape index (κ2) is 14.4. The number of rotatable bonds is 10. The van der Waals surface area contributed by atoms with Gasteiger partial charge in [0.15, 0.2) is 12.5 Å². The molecule has 1 aliphatic carbocycles. The van der Waals surface area contributed by atoms with Gasteiger partial charge >= 0.3 is 6.03 Å². The molecule has 15 nitrogen and oxygen atoms in total. The number of nitroso groups, excluding NO2 is 1. The van der Waals surface area contributed by atoms with Crippen LogP contribution in [0, 0.1) is 10.8 Å². The smallest absolute Gasteiger partial charge is 0.345 e. The summed E-state index contributed by atoms with van der Waals surface area (Å²) in [6.07, 6.45) is -11.7. The van der Waals surface area contributed by atoms with E-state index in [0.29, 0.717) is 5.01 Å². The molecule has 16 heteroatoms. The summed E-state index contributed by atoms with van der Waals surface area (Å²) in [6, 6.07) is -0.896. The molecular formula is C22H38ClN3O12. The molecular weight excluding hydrogens is 534 g/mol. The Labute approximate surface area is 224 Å². The molecule has 38 heavy (non-hydrogen) atoms. The van der Waals surface area contributed by atoms with Crippen LogP contribution >= 0.6 is 11.6 Å². The van der Waals surface area contributed by atoms with Gasteiger partial charge in [0.05, 0.1) is 25.0 Å². The number of aliphatic hydroxyl groups is 7. The van der Waals surface area contributed by atoms with Crippen LogP contribution in [-0.2, 0) is 14.2 Å². The maximum Gasteiger partial charge on any atom is 0.345 e. The Morgan fingerprint density at radius 3 is 2.13 bits per heavy atom. The highest BCUT2D eigenvalue weighted by Crippen LogP contribution is 2.32. The van der Waals surface area contributed by atoms with Crippen LogP contribution in [0.4, 0.5) is 4.79 Å². The molecule has 1 unspecified atom stereocenters. The minimum absolute atomic E-state index is 0.0285. The number of halogens is 1. The van der Waals surface area contributed by atoms with Gasteiger partial charge in [-0.3, -0.25) is 4.90 Å². The van der Waals surface area contributed by atoms with Crippen molar-refractivity contribution in [2.45, 2.75) is 93.5 Å². The molecule has 7 N–H and O–H groups in total. The van der Waals surface area contributed by atoms with Gasteiger partial charge in [-0.1, -0.05) is 19.3 Å². The summed E-state index contributed by atoms with van der Waals surface area (Å²) in [5, 5.41) is 75.0. The third-order valence-corrected chi connectivity index (χ3v) is 7.50. The van der Waals surface area contributed by atoms with E-state index in [1.54, 1.807) is 0 Å². The van der Waals surface area contributed by atoms with Crippen LogP contribution < -0.4 is 0 Å². The van der Waals surface area contributed by atoms with Crippen molar-refractivity contribution < 1.29 is 54.8 Å². The lowest BCUT2D eigenvalue weighted by Crippen LogP contribution is -2.68. The van der Waals surface area contributed by atoms with Gasteiger partial charge in [0.2, 0.25) is 0 Å². The lowest BCUT2D eigenvalue weighted by Gasteiger charge is -2.48. The Bertz CT molecular complexity index is 761. The van der Waals surface area contributed by atoms with Crippen molar-refractivity contribution in [2.24, 2.45) is 11.2 Å². The van der Waals surface area contributed by atoms with Crippen molar-refractivity contribution in [3.63, 3.8) is 0 Å². The van der Waals surface area contributed by atoms with Gasteiger partial charge in [-0.2, -0.15) is 5.01 Å². The van der Waals surface area contributed by atoms with Crippen LogP contribution in [0.5, 0.6) is 0 Å². The van der Waals surface area contributed by atoms with Crippen LogP contribution in [0.2, 0.25) is 0 Å². The first-order valence-corrected chi connectivity index (χ1v) is 13.3. The highest BCUT2D eigenvalue weighted by Gasteiger charge is 2.52. The normalized spacial score (nSPS) is 38.5. The molecule has 2 heterocycles.